The predicted molar refractivity (Wildman–Crippen MR) is 85.2 cm³/mol. The third kappa shape index (κ3) is 3.70. The lowest BCUT2D eigenvalue weighted by atomic mass is 10.1. The number of Topliss-reactive ketones (excluding diaryl/α,β-unsaturated/α-hetero) is 1. The van der Waals surface area contributed by atoms with E-state index in [0.717, 1.165) is 5.56 Å². The van der Waals surface area contributed by atoms with Gasteiger partial charge in [0.05, 0.1) is 12.8 Å². The third-order valence-electron chi connectivity index (χ3n) is 3.02. The van der Waals surface area contributed by atoms with Crippen LogP contribution < -0.4 is 10.2 Å². The number of ketones is 1. The summed E-state index contributed by atoms with van der Waals surface area (Å²) < 4.78 is 5.03. The zero-order valence-electron chi connectivity index (χ0n) is 12.3. The van der Waals surface area contributed by atoms with E-state index in [9.17, 15) is 4.79 Å². The van der Waals surface area contributed by atoms with Gasteiger partial charge >= 0.3 is 0 Å². The van der Waals surface area contributed by atoms with Crippen LogP contribution in [0.4, 0.5) is 5.69 Å². The Morgan fingerprint density at radius 2 is 1.77 bits per heavy atom. The highest BCUT2D eigenvalue weighted by molar-refractivity contribution is 6.51. The molecular weight excluding hydrogens is 278 g/mol. The first-order valence-electron chi connectivity index (χ1n) is 6.63. The van der Waals surface area contributed by atoms with E-state index in [-0.39, 0.29) is 5.71 Å². The fourth-order valence-electron chi connectivity index (χ4n) is 1.75. The van der Waals surface area contributed by atoms with Crippen LogP contribution >= 0.6 is 0 Å². The number of methoxy groups -OCH3 is 1. The van der Waals surface area contributed by atoms with Gasteiger partial charge in [-0.2, -0.15) is 10.4 Å². The highest BCUT2D eigenvalue weighted by Crippen LogP contribution is 2.13. The standard InChI is InChI=1S/C17H15N3O2/c1-12-3-7-14(8-4-12)19-20-16(11-18)17(21)13-5-9-15(22-2)10-6-13/h3-10,19H,1-2H3/b20-16+. The molecule has 0 aliphatic rings. The average molecular weight is 293 g/mol. The van der Waals surface area contributed by atoms with Gasteiger partial charge in [-0.05, 0) is 43.3 Å². The van der Waals surface area contributed by atoms with Crippen LogP contribution in [0, 0.1) is 18.3 Å². The van der Waals surface area contributed by atoms with Gasteiger partial charge in [0.2, 0.25) is 11.5 Å². The molecule has 0 heterocycles. The highest BCUT2D eigenvalue weighted by atomic mass is 16.5. The van der Waals surface area contributed by atoms with Gasteiger partial charge in [-0.3, -0.25) is 10.2 Å². The largest absolute Gasteiger partial charge is 0.497 e. The normalized spacial score (nSPS) is 10.7. The average Bonchev–Trinajstić information content (AvgIpc) is 2.57. The Labute approximate surface area is 128 Å². The van der Waals surface area contributed by atoms with Crippen LogP contribution in [-0.2, 0) is 0 Å². The Kier molecular flexibility index (Phi) is 4.89. The number of nitrogens with one attached hydrogen (secondary N) is 1. The van der Waals surface area contributed by atoms with E-state index in [0.29, 0.717) is 17.0 Å². The molecule has 0 fully saturated rings. The molecule has 0 unspecified atom stereocenters. The molecule has 0 saturated heterocycles. The number of carbonyl (C=O) groups is 1. The van der Waals surface area contributed by atoms with Crippen molar-refractivity contribution in [1.29, 1.82) is 5.26 Å². The molecule has 2 rings (SSSR count). The monoisotopic (exact) mass is 293 g/mol. The number of hydrogen-bond acceptors (Lipinski definition) is 5. The molecule has 2 aromatic carbocycles. The number of nitriles is 1. The van der Waals surface area contributed by atoms with E-state index < -0.39 is 5.78 Å². The van der Waals surface area contributed by atoms with Gasteiger partial charge in [-0.25, -0.2) is 0 Å². The van der Waals surface area contributed by atoms with Crippen LogP contribution in [0.3, 0.4) is 0 Å². The molecule has 0 radical (unpaired) electrons. The molecule has 0 amide bonds. The lowest BCUT2D eigenvalue weighted by Crippen LogP contribution is -2.14. The summed E-state index contributed by atoms with van der Waals surface area (Å²) in [5.74, 6) is 0.203. The van der Waals surface area contributed by atoms with Crippen molar-refractivity contribution in [2.45, 2.75) is 6.92 Å². The summed E-state index contributed by atoms with van der Waals surface area (Å²) in [7, 11) is 1.55. The van der Waals surface area contributed by atoms with Crippen molar-refractivity contribution < 1.29 is 9.53 Å². The lowest BCUT2D eigenvalue weighted by Gasteiger charge is -2.03. The summed E-state index contributed by atoms with van der Waals surface area (Å²) in [6, 6.07) is 15.8. The van der Waals surface area contributed by atoms with Crippen molar-refractivity contribution in [2.75, 3.05) is 12.5 Å². The SMILES string of the molecule is COc1ccc(C(=O)/C(C#N)=N/Nc2ccc(C)cc2)cc1. The molecule has 110 valence electrons. The molecule has 0 aliphatic carbocycles. The summed E-state index contributed by atoms with van der Waals surface area (Å²) in [5, 5.41) is 13.0. The quantitative estimate of drug-likeness (QED) is 0.522. The van der Waals surface area contributed by atoms with Gasteiger partial charge in [0, 0.05) is 5.56 Å². The fourth-order valence-corrected chi connectivity index (χ4v) is 1.75. The lowest BCUT2D eigenvalue weighted by molar-refractivity contribution is 0.106. The van der Waals surface area contributed by atoms with E-state index >= 15 is 0 Å². The van der Waals surface area contributed by atoms with Crippen molar-refractivity contribution in [1.82, 2.24) is 0 Å². The second-order valence-corrected chi connectivity index (χ2v) is 4.61. The number of hydrogen-bond donors (Lipinski definition) is 1. The first-order valence-corrected chi connectivity index (χ1v) is 6.63. The third-order valence-corrected chi connectivity index (χ3v) is 3.02. The minimum Gasteiger partial charge on any atom is -0.497 e. The Balaban J connectivity index is 2.15. The zero-order valence-corrected chi connectivity index (χ0v) is 12.3. The summed E-state index contributed by atoms with van der Waals surface area (Å²) in [5.41, 5.74) is 4.72. The van der Waals surface area contributed by atoms with Gasteiger partial charge in [-0.1, -0.05) is 17.7 Å². The number of aryl methyl sites for hydroxylation is 1. The van der Waals surface area contributed by atoms with Gasteiger partial charge in [0.1, 0.15) is 11.8 Å². The molecular formula is C17H15N3O2. The van der Waals surface area contributed by atoms with Crippen LogP contribution in [0.5, 0.6) is 5.75 Å². The maximum Gasteiger partial charge on any atom is 0.223 e. The van der Waals surface area contributed by atoms with E-state index in [4.69, 9.17) is 10.00 Å². The predicted octanol–water partition coefficient (Wildman–Crippen LogP) is 3.18. The van der Waals surface area contributed by atoms with Gasteiger partial charge < -0.3 is 4.74 Å². The van der Waals surface area contributed by atoms with Crippen LogP contribution in [0.1, 0.15) is 15.9 Å². The molecule has 0 aromatic heterocycles. The molecule has 2 aromatic rings. The van der Waals surface area contributed by atoms with E-state index in [1.54, 1.807) is 31.4 Å². The number of hydrazone groups is 1. The van der Waals surface area contributed by atoms with Crippen molar-refractivity contribution in [3.8, 4) is 11.8 Å². The van der Waals surface area contributed by atoms with E-state index in [2.05, 4.69) is 10.5 Å². The van der Waals surface area contributed by atoms with Crippen molar-refractivity contribution in [3.63, 3.8) is 0 Å². The van der Waals surface area contributed by atoms with Gasteiger partial charge in [-0.15, -0.1) is 0 Å². The van der Waals surface area contributed by atoms with Crippen molar-refractivity contribution >= 4 is 17.2 Å². The highest BCUT2D eigenvalue weighted by Gasteiger charge is 2.14. The number of nitrogens with zero attached hydrogens (tertiary/aromatic N) is 2. The Bertz CT molecular complexity index is 726. The van der Waals surface area contributed by atoms with E-state index in [1.807, 2.05) is 37.3 Å². The zero-order chi connectivity index (χ0) is 15.9. The molecule has 0 aliphatic heterocycles. The van der Waals surface area contributed by atoms with Crippen molar-refractivity contribution in [2.24, 2.45) is 5.10 Å². The molecule has 0 saturated carbocycles. The molecule has 0 spiro atoms. The Morgan fingerprint density at radius 1 is 1.14 bits per heavy atom. The first-order chi connectivity index (χ1) is 10.6. The minimum absolute atomic E-state index is 0.203. The second kappa shape index (κ2) is 7.04. The maximum absolute atomic E-state index is 12.2. The summed E-state index contributed by atoms with van der Waals surface area (Å²) in [6.07, 6.45) is 0. The van der Waals surface area contributed by atoms with Crippen LogP contribution in [-0.4, -0.2) is 18.6 Å². The smallest absolute Gasteiger partial charge is 0.223 e. The molecule has 22 heavy (non-hydrogen) atoms. The topological polar surface area (TPSA) is 74.5 Å². The number of rotatable bonds is 5. The maximum atomic E-state index is 12.2. The first kappa shape index (κ1) is 15.3. The van der Waals surface area contributed by atoms with Crippen LogP contribution in [0.15, 0.2) is 53.6 Å². The molecule has 5 heteroatoms. The number of benzene rings is 2. The van der Waals surface area contributed by atoms with Crippen LogP contribution in [0.25, 0.3) is 0 Å². The summed E-state index contributed by atoms with van der Waals surface area (Å²) in [6.45, 7) is 1.97. The van der Waals surface area contributed by atoms with Crippen LogP contribution in [0.2, 0.25) is 0 Å². The molecule has 0 atom stereocenters. The number of anilines is 1. The second-order valence-electron chi connectivity index (χ2n) is 4.61. The minimum atomic E-state index is -0.440. The fraction of sp³-hybridized carbons (Fsp3) is 0.118. The van der Waals surface area contributed by atoms with Crippen molar-refractivity contribution in [3.05, 3.63) is 59.7 Å². The number of carbonyl (C=O) groups excluding carboxylic acids is 1. The molecule has 5 nitrogen and oxygen atoms in total. The molecule has 1 N–H and O–H groups in total. The van der Waals surface area contributed by atoms with Gasteiger partial charge in [0.25, 0.3) is 0 Å². The van der Waals surface area contributed by atoms with E-state index in [1.165, 1.54) is 0 Å². The molecule has 0 bridgehead atoms. The summed E-state index contributed by atoms with van der Waals surface area (Å²) in [4.78, 5) is 12.2. The number of ether oxygens (including phenoxy) is 1. The Hall–Kier alpha value is -3.13. The Morgan fingerprint density at radius 3 is 2.32 bits per heavy atom. The van der Waals surface area contributed by atoms with Gasteiger partial charge in [0.15, 0.2) is 0 Å². The summed E-state index contributed by atoms with van der Waals surface area (Å²) >= 11 is 0.